The molecule has 2 aromatic rings. The summed E-state index contributed by atoms with van der Waals surface area (Å²) in [5, 5.41) is 11.8. The number of anilines is 1. The zero-order valence-corrected chi connectivity index (χ0v) is 11.8. The molecule has 0 spiro atoms. The zero-order valence-electron chi connectivity index (χ0n) is 11.8. The van der Waals surface area contributed by atoms with E-state index in [1.165, 1.54) is 32.1 Å². The Morgan fingerprint density at radius 2 is 1.90 bits per heavy atom. The highest BCUT2D eigenvalue weighted by molar-refractivity contribution is 5.42. The standard InChI is InChI=1S/C16H22N4/c1-3-7-14(8-4-1)17-12-11-16-19-18-13-20(16)15-9-5-2-6-10-15/h1,3-4,7-8,13,15,17H,2,5-6,9-12H2. The van der Waals surface area contributed by atoms with Gasteiger partial charge in [-0.15, -0.1) is 10.2 Å². The average molecular weight is 270 g/mol. The minimum absolute atomic E-state index is 0.616. The predicted octanol–water partition coefficient (Wildman–Crippen LogP) is 3.44. The third-order valence-electron chi connectivity index (χ3n) is 4.07. The quantitative estimate of drug-likeness (QED) is 0.905. The number of rotatable bonds is 5. The normalized spacial score (nSPS) is 16.2. The maximum Gasteiger partial charge on any atom is 0.134 e. The van der Waals surface area contributed by atoms with Crippen molar-refractivity contribution in [3.63, 3.8) is 0 Å². The molecule has 0 unspecified atom stereocenters. The van der Waals surface area contributed by atoms with Crippen molar-refractivity contribution in [1.29, 1.82) is 0 Å². The van der Waals surface area contributed by atoms with Gasteiger partial charge < -0.3 is 9.88 Å². The van der Waals surface area contributed by atoms with Gasteiger partial charge in [0.25, 0.3) is 0 Å². The largest absolute Gasteiger partial charge is 0.385 e. The van der Waals surface area contributed by atoms with E-state index in [1.54, 1.807) is 0 Å². The van der Waals surface area contributed by atoms with Crippen LogP contribution in [0.1, 0.15) is 44.0 Å². The lowest BCUT2D eigenvalue weighted by molar-refractivity contribution is 0.345. The van der Waals surface area contributed by atoms with Gasteiger partial charge in [-0.1, -0.05) is 37.5 Å². The van der Waals surface area contributed by atoms with Gasteiger partial charge in [-0.2, -0.15) is 0 Å². The fourth-order valence-corrected chi connectivity index (χ4v) is 2.98. The molecule has 1 aliphatic rings. The van der Waals surface area contributed by atoms with Gasteiger partial charge in [-0.3, -0.25) is 0 Å². The van der Waals surface area contributed by atoms with Crippen molar-refractivity contribution in [2.45, 2.75) is 44.6 Å². The minimum Gasteiger partial charge on any atom is -0.385 e. The number of benzene rings is 1. The maximum atomic E-state index is 4.30. The number of aromatic nitrogens is 3. The summed E-state index contributed by atoms with van der Waals surface area (Å²) in [7, 11) is 0. The molecule has 1 aliphatic carbocycles. The van der Waals surface area contributed by atoms with E-state index in [1.807, 2.05) is 24.5 Å². The molecule has 0 aliphatic heterocycles. The second kappa shape index (κ2) is 6.55. The van der Waals surface area contributed by atoms with Crippen molar-refractivity contribution in [1.82, 2.24) is 14.8 Å². The summed E-state index contributed by atoms with van der Waals surface area (Å²) in [5.74, 6) is 1.11. The van der Waals surface area contributed by atoms with Crippen LogP contribution in [0.4, 0.5) is 5.69 Å². The molecule has 0 amide bonds. The molecule has 1 saturated carbocycles. The lowest BCUT2D eigenvalue weighted by Gasteiger charge is -2.24. The molecule has 1 aromatic carbocycles. The van der Waals surface area contributed by atoms with Crippen LogP contribution in [0.3, 0.4) is 0 Å². The number of nitrogens with one attached hydrogen (secondary N) is 1. The molecule has 1 aromatic heterocycles. The Kier molecular flexibility index (Phi) is 4.31. The Balaban J connectivity index is 1.56. The predicted molar refractivity (Wildman–Crippen MR) is 80.8 cm³/mol. The summed E-state index contributed by atoms with van der Waals surface area (Å²) in [4.78, 5) is 0. The molecule has 0 bridgehead atoms. The molecule has 4 nitrogen and oxygen atoms in total. The average Bonchev–Trinajstić information content (AvgIpc) is 2.98. The topological polar surface area (TPSA) is 42.7 Å². The Morgan fingerprint density at radius 1 is 1.10 bits per heavy atom. The molecule has 3 rings (SSSR count). The lowest BCUT2D eigenvalue weighted by atomic mass is 9.95. The van der Waals surface area contributed by atoms with Gasteiger partial charge in [0, 0.05) is 24.7 Å². The van der Waals surface area contributed by atoms with Gasteiger partial charge >= 0.3 is 0 Å². The molecule has 1 heterocycles. The summed E-state index contributed by atoms with van der Waals surface area (Å²) >= 11 is 0. The summed E-state index contributed by atoms with van der Waals surface area (Å²) < 4.78 is 2.30. The van der Waals surface area contributed by atoms with Crippen molar-refractivity contribution >= 4 is 5.69 Å². The van der Waals surface area contributed by atoms with Gasteiger partial charge in [0.1, 0.15) is 12.2 Å². The Bertz CT molecular complexity index is 514. The van der Waals surface area contributed by atoms with Crippen LogP contribution in [-0.4, -0.2) is 21.3 Å². The fourth-order valence-electron chi connectivity index (χ4n) is 2.98. The highest BCUT2D eigenvalue weighted by Crippen LogP contribution is 2.28. The Morgan fingerprint density at radius 3 is 2.70 bits per heavy atom. The van der Waals surface area contributed by atoms with E-state index in [9.17, 15) is 0 Å². The van der Waals surface area contributed by atoms with E-state index in [0.29, 0.717) is 6.04 Å². The van der Waals surface area contributed by atoms with Crippen LogP contribution in [0.15, 0.2) is 36.7 Å². The molecule has 20 heavy (non-hydrogen) atoms. The van der Waals surface area contributed by atoms with Gasteiger partial charge in [-0.05, 0) is 25.0 Å². The summed E-state index contributed by atoms with van der Waals surface area (Å²) in [5.41, 5.74) is 1.16. The van der Waals surface area contributed by atoms with E-state index in [0.717, 1.165) is 24.5 Å². The number of hydrogen-bond acceptors (Lipinski definition) is 3. The van der Waals surface area contributed by atoms with E-state index in [2.05, 4.69) is 32.2 Å². The van der Waals surface area contributed by atoms with E-state index in [-0.39, 0.29) is 0 Å². The van der Waals surface area contributed by atoms with Crippen molar-refractivity contribution < 1.29 is 0 Å². The first-order valence-corrected chi connectivity index (χ1v) is 7.61. The lowest BCUT2D eigenvalue weighted by Crippen LogP contribution is -2.17. The molecule has 0 saturated heterocycles. The summed E-state index contributed by atoms with van der Waals surface area (Å²) in [6.45, 7) is 0.898. The van der Waals surface area contributed by atoms with Crippen molar-refractivity contribution in [3.05, 3.63) is 42.5 Å². The molecule has 1 N–H and O–H groups in total. The zero-order chi connectivity index (χ0) is 13.6. The summed E-state index contributed by atoms with van der Waals surface area (Å²) in [6.07, 6.45) is 9.44. The van der Waals surface area contributed by atoms with Gasteiger partial charge in [0.2, 0.25) is 0 Å². The van der Waals surface area contributed by atoms with Crippen molar-refractivity contribution in [2.75, 3.05) is 11.9 Å². The molecule has 1 fully saturated rings. The molecule has 0 atom stereocenters. The molecular weight excluding hydrogens is 248 g/mol. The van der Waals surface area contributed by atoms with Crippen LogP contribution < -0.4 is 5.32 Å². The number of hydrogen-bond donors (Lipinski definition) is 1. The van der Waals surface area contributed by atoms with E-state index < -0.39 is 0 Å². The van der Waals surface area contributed by atoms with E-state index in [4.69, 9.17) is 0 Å². The van der Waals surface area contributed by atoms with E-state index >= 15 is 0 Å². The van der Waals surface area contributed by atoms with Crippen LogP contribution in [0.2, 0.25) is 0 Å². The molecular formula is C16H22N4. The maximum absolute atomic E-state index is 4.30. The third-order valence-corrected chi connectivity index (χ3v) is 4.07. The third kappa shape index (κ3) is 3.18. The highest BCUT2D eigenvalue weighted by Gasteiger charge is 2.18. The second-order valence-electron chi connectivity index (χ2n) is 5.49. The molecule has 0 radical (unpaired) electrons. The minimum atomic E-state index is 0.616. The first-order valence-electron chi connectivity index (χ1n) is 7.61. The first kappa shape index (κ1) is 13.2. The summed E-state index contributed by atoms with van der Waals surface area (Å²) in [6, 6.07) is 10.9. The van der Waals surface area contributed by atoms with Crippen LogP contribution in [0.5, 0.6) is 0 Å². The second-order valence-corrected chi connectivity index (χ2v) is 5.49. The van der Waals surface area contributed by atoms with Gasteiger partial charge in [0.15, 0.2) is 0 Å². The van der Waals surface area contributed by atoms with Crippen molar-refractivity contribution in [3.8, 4) is 0 Å². The Hall–Kier alpha value is -1.84. The van der Waals surface area contributed by atoms with Gasteiger partial charge in [0.05, 0.1) is 0 Å². The first-order chi connectivity index (χ1) is 9.93. The monoisotopic (exact) mass is 270 g/mol. The highest BCUT2D eigenvalue weighted by atomic mass is 15.3. The smallest absolute Gasteiger partial charge is 0.134 e. The SMILES string of the molecule is c1ccc(NCCc2nncn2C2CCCCC2)cc1. The fraction of sp³-hybridized carbons (Fsp3) is 0.500. The van der Waals surface area contributed by atoms with Crippen molar-refractivity contribution in [2.24, 2.45) is 0 Å². The van der Waals surface area contributed by atoms with Crippen LogP contribution in [0.25, 0.3) is 0 Å². The van der Waals surface area contributed by atoms with Crippen LogP contribution >= 0.6 is 0 Å². The molecule has 4 heteroatoms. The number of nitrogens with zero attached hydrogens (tertiary/aromatic N) is 3. The number of para-hydroxylation sites is 1. The Labute approximate surface area is 120 Å². The molecule has 106 valence electrons. The van der Waals surface area contributed by atoms with Gasteiger partial charge in [-0.25, -0.2) is 0 Å². The van der Waals surface area contributed by atoms with Crippen LogP contribution in [-0.2, 0) is 6.42 Å². The van der Waals surface area contributed by atoms with Crippen LogP contribution in [0, 0.1) is 0 Å².